The first kappa shape index (κ1) is 12.7. The minimum absolute atomic E-state index is 0.101. The van der Waals surface area contributed by atoms with Crippen molar-refractivity contribution in [1.82, 2.24) is 20.2 Å². The second kappa shape index (κ2) is 7.00. The molecule has 1 atom stereocenters. The fourth-order valence-corrected chi connectivity index (χ4v) is 1.50. The third-order valence-electron chi connectivity index (χ3n) is 2.40. The van der Waals surface area contributed by atoms with E-state index in [0.29, 0.717) is 12.5 Å². The number of rotatable bonds is 7. The molecule has 0 aliphatic heterocycles. The van der Waals surface area contributed by atoms with Gasteiger partial charge in [0.1, 0.15) is 0 Å². The largest absolute Gasteiger partial charge is 0.359 e. The molecule has 0 aromatic carbocycles. The molecule has 2 N–H and O–H groups in total. The van der Waals surface area contributed by atoms with Crippen molar-refractivity contribution >= 4 is 5.91 Å². The van der Waals surface area contributed by atoms with Gasteiger partial charge in [0.25, 0.3) is 0 Å². The number of amides is 1. The number of aromatic nitrogens is 2. The first-order valence-corrected chi connectivity index (χ1v) is 5.62. The molecule has 5 nitrogen and oxygen atoms in total. The molecule has 1 rings (SSSR count). The Morgan fingerprint density at radius 2 is 2.38 bits per heavy atom. The van der Waals surface area contributed by atoms with Crippen LogP contribution in [0, 0.1) is 0 Å². The second-order valence-electron chi connectivity index (χ2n) is 3.89. The SMILES string of the molecule is CNC(=O)CCCNC(C)Cn1ccnc1. The highest BCUT2D eigenvalue weighted by molar-refractivity contribution is 5.75. The molecule has 1 aromatic heterocycles. The topological polar surface area (TPSA) is 59.0 Å². The monoisotopic (exact) mass is 224 g/mol. The fraction of sp³-hybridized carbons (Fsp3) is 0.636. The van der Waals surface area contributed by atoms with E-state index in [1.165, 1.54) is 0 Å². The molecule has 0 aliphatic carbocycles. The molecular formula is C11H20N4O. The Bertz CT molecular complexity index is 297. The van der Waals surface area contributed by atoms with Crippen LogP contribution >= 0.6 is 0 Å². The zero-order valence-corrected chi connectivity index (χ0v) is 9.94. The summed E-state index contributed by atoms with van der Waals surface area (Å²) >= 11 is 0. The summed E-state index contributed by atoms with van der Waals surface area (Å²) < 4.78 is 2.04. The number of carbonyl (C=O) groups is 1. The zero-order valence-electron chi connectivity index (χ0n) is 9.94. The van der Waals surface area contributed by atoms with E-state index in [4.69, 9.17) is 0 Å². The molecule has 1 unspecified atom stereocenters. The van der Waals surface area contributed by atoms with Crippen LogP contribution in [-0.4, -0.2) is 35.1 Å². The fourth-order valence-electron chi connectivity index (χ4n) is 1.50. The van der Waals surface area contributed by atoms with Gasteiger partial charge in [0.2, 0.25) is 5.91 Å². The van der Waals surface area contributed by atoms with Gasteiger partial charge in [0.15, 0.2) is 0 Å². The van der Waals surface area contributed by atoms with Crippen LogP contribution in [0.2, 0.25) is 0 Å². The summed E-state index contributed by atoms with van der Waals surface area (Å²) in [5, 5.41) is 5.98. The molecule has 0 aliphatic rings. The number of imidazole rings is 1. The maximum atomic E-state index is 11.0. The molecule has 0 bridgehead atoms. The number of carbonyl (C=O) groups excluding carboxylic acids is 1. The third-order valence-corrected chi connectivity index (χ3v) is 2.40. The molecule has 1 heterocycles. The summed E-state index contributed by atoms with van der Waals surface area (Å²) in [5.74, 6) is 0.101. The van der Waals surface area contributed by atoms with Gasteiger partial charge in [-0.15, -0.1) is 0 Å². The minimum atomic E-state index is 0.101. The van der Waals surface area contributed by atoms with Gasteiger partial charge in [0, 0.05) is 38.4 Å². The number of hydrogen-bond acceptors (Lipinski definition) is 3. The lowest BCUT2D eigenvalue weighted by molar-refractivity contribution is -0.120. The summed E-state index contributed by atoms with van der Waals surface area (Å²) in [6, 6.07) is 0.388. The molecule has 0 radical (unpaired) electrons. The van der Waals surface area contributed by atoms with Crippen molar-refractivity contribution in [3.05, 3.63) is 18.7 Å². The van der Waals surface area contributed by atoms with Gasteiger partial charge in [-0.1, -0.05) is 0 Å². The molecule has 1 aromatic rings. The predicted molar refractivity (Wildman–Crippen MR) is 63.0 cm³/mol. The van der Waals surface area contributed by atoms with Gasteiger partial charge in [-0.3, -0.25) is 4.79 Å². The van der Waals surface area contributed by atoms with Crippen molar-refractivity contribution in [1.29, 1.82) is 0 Å². The minimum Gasteiger partial charge on any atom is -0.359 e. The molecule has 1 amide bonds. The maximum absolute atomic E-state index is 11.0. The molecule has 5 heteroatoms. The number of nitrogens with one attached hydrogen (secondary N) is 2. The van der Waals surface area contributed by atoms with Gasteiger partial charge >= 0.3 is 0 Å². The highest BCUT2D eigenvalue weighted by Crippen LogP contribution is 1.93. The van der Waals surface area contributed by atoms with Crippen molar-refractivity contribution < 1.29 is 4.79 Å². The first-order chi connectivity index (χ1) is 7.72. The van der Waals surface area contributed by atoms with E-state index in [2.05, 4.69) is 22.5 Å². The number of nitrogens with zero attached hydrogens (tertiary/aromatic N) is 2. The lowest BCUT2D eigenvalue weighted by Crippen LogP contribution is -2.31. The van der Waals surface area contributed by atoms with Gasteiger partial charge < -0.3 is 15.2 Å². The van der Waals surface area contributed by atoms with Crippen molar-refractivity contribution in [2.75, 3.05) is 13.6 Å². The van der Waals surface area contributed by atoms with E-state index in [1.54, 1.807) is 13.2 Å². The van der Waals surface area contributed by atoms with E-state index in [9.17, 15) is 4.79 Å². The Balaban J connectivity index is 2.06. The lowest BCUT2D eigenvalue weighted by atomic mass is 10.2. The summed E-state index contributed by atoms with van der Waals surface area (Å²) in [7, 11) is 1.66. The summed E-state index contributed by atoms with van der Waals surface area (Å²) in [6.07, 6.45) is 6.99. The highest BCUT2D eigenvalue weighted by Gasteiger charge is 2.02. The van der Waals surface area contributed by atoms with Crippen LogP contribution in [0.25, 0.3) is 0 Å². The van der Waals surface area contributed by atoms with E-state index in [0.717, 1.165) is 19.5 Å². The van der Waals surface area contributed by atoms with E-state index < -0.39 is 0 Å². The van der Waals surface area contributed by atoms with Crippen LogP contribution in [0.3, 0.4) is 0 Å². The summed E-state index contributed by atoms with van der Waals surface area (Å²) in [4.78, 5) is 14.9. The van der Waals surface area contributed by atoms with Gasteiger partial charge in [-0.2, -0.15) is 0 Å². The van der Waals surface area contributed by atoms with Crippen molar-refractivity contribution in [3.8, 4) is 0 Å². The molecule has 0 saturated carbocycles. The van der Waals surface area contributed by atoms with E-state index in [1.807, 2.05) is 17.1 Å². The molecule has 0 fully saturated rings. The normalized spacial score (nSPS) is 12.4. The van der Waals surface area contributed by atoms with Crippen LogP contribution in [-0.2, 0) is 11.3 Å². The van der Waals surface area contributed by atoms with Crippen LogP contribution in [0.4, 0.5) is 0 Å². The average Bonchev–Trinajstić information content (AvgIpc) is 2.76. The van der Waals surface area contributed by atoms with Crippen LogP contribution in [0.1, 0.15) is 19.8 Å². The Hall–Kier alpha value is -1.36. The standard InChI is InChI=1S/C11H20N4O/c1-10(8-15-7-6-13-9-15)14-5-3-4-11(16)12-2/h6-7,9-10,14H,3-5,8H2,1-2H3,(H,12,16). The molecule has 16 heavy (non-hydrogen) atoms. The third kappa shape index (κ3) is 4.93. The molecule has 90 valence electrons. The predicted octanol–water partition coefficient (Wildman–Crippen LogP) is 0.387. The lowest BCUT2D eigenvalue weighted by Gasteiger charge is -2.13. The molecule has 0 saturated heterocycles. The van der Waals surface area contributed by atoms with E-state index >= 15 is 0 Å². The number of hydrogen-bond donors (Lipinski definition) is 2. The van der Waals surface area contributed by atoms with Crippen molar-refractivity contribution in [2.45, 2.75) is 32.4 Å². The Morgan fingerprint density at radius 1 is 1.56 bits per heavy atom. The van der Waals surface area contributed by atoms with Gasteiger partial charge in [-0.25, -0.2) is 4.98 Å². The van der Waals surface area contributed by atoms with Crippen LogP contribution < -0.4 is 10.6 Å². The highest BCUT2D eigenvalue weighted by atomic mass is 16.1. The average molecular weight is 224 g/mol. The summed E-state index contributed by atoms with van der Waals surface area (Å²) in [5.41, 5.74) is 0. The Morgan fingerprint density at radius 3 is 3.00 bits per heavy atom. The van der Waals surface area contributed by atoms with Crippen molar-refractivity contribution in [3.63, 3.8) is 0 Å². The molecule has 0 spiro atoms. The van der Waals surface area contributed by atoms with E-state index in [-0.39, 0.29) is 5.91 Å². The second-order valence-corrected chi connectivity index (χ2v) is 3.89. The van der Waals surface area contributed by atoms with Crippen LogP contribution in [0.15, 0.2) is 18.7 Å². The van der Waals surface area contributed by atoms with Crippen molar-refractivity contribution in [2.24, 2.45) is 0 Å². The maximum Gasteiger partial charge on any atom is 0.219 e. The quantitative estimate of drug-likeness (QED) is 0.659. The Labute approximate surface area is 96.3 Å². The zero-order chi connectivity index (χ0) is 11.8. The first-order valence-electron chi connectivity index (χ1n) is 5.62. The van der Waals surface area contributed by atoms with Crippen LogP contribution in [0.5, 0.6) is 0 Å². The Kier molecular flexibility index (Phi) is 5.56. The smallest absolute Gasteiger partial charge is 0.219 e. The van der Waals surface area contributed by atoms with Gasteiger partial charge in [-0.05, 0) is 19.9 Å². The van der Waals surface area contributed by atoms with Gasteiger partial charge in [0.05, 0.1) is 6.33 Å². The summed E-state index contributed by atoms with van der Waals surface area (Å²) in [6.45, 7) is 3.89. The molecular weight excluding hydrogens is 204 g/mol.